The number of aromatic nitrogens is 2. The molecule has 2 N–H and O–H groups in total. The van der Waals surface area contributed by atoms with Crippen molar-refractivity contribution in [3.8, 4) is 6.07 Å². The van der Waals surface area contributed by atoms with Crippen LogP contribution in [0.5, 0.6) is 0 Å². The molecular formula is C27H38N4O2. The topological polar surface area (TPSA) is 98.9 Å². The second-order valence-electron chi connectivity index (χ2n) is 11.7. The van der Waals surface area contributed by atoms with Gasteiger partial charge in [-0.2, -0.15) is 5.26 Å². The molecule has 4 saturated carbocycles. The van der Waals surface area contributed by atoms with Gasteiger partial charge in [0.05, 0.1) is 18.0 Å². The number of hydrogen-bond acceptors (Lipinski definition) is 5. The number of rotatable bonds is 4. The Labute approximate surface area is 197 Å². The van der Waals surface area contributed by atoms with E-state index in [1.807, 2.05) is 6.07 Å². The highest BCUT2D eigenvalue weighted by molar-refractivity contribution is 5.92. The van der Waals surface area contributed by atoms with Gasteiger partial charge in [0.15, 0.2) is 11.5 Å². The van der Waals surface area contributed by atoms with Crippen LogP contribution >= 0.6 is 0 Å². The van der Waals surface area contributed by atoms with Gasteiger partial charge in [-0.3, -0.25) is 9.78 Å². The van der Waals surface area contributed by atoms with Gasteiger partial charge in [-0.25, -0.2) is 4.98 Å². The summed E-state index contributed by atoms with van der Waals surface area (Å²) in [5.74, 6) is 3.97. The van der Waals surface area contributed by atoms with E-state index in [9.17, 15) is 9.90 Å². The smallest absolute Gasteiger partial charge is 0.229 e. The summed E-state index contributed by atoms with van der Waals surface area (Å²) >= 11 is 0. The molecular weight excluding hydrogens is 412 g/mol. The Bertz CT molecular complexity index is 944. The van der Waals surface area contributed by atoms with Crippen LogP contribution in [0.1, 0.15) is 90.2 Å². The minimum Gasteiger partial charge on any atom is -0.390 e. The number of amides is 1. The van der Waals surface area contributed by atoms with Crippen LogP contribution in [0.3, 0.4) is 0 Å². The number of anilines is 1. The first-order chi connectivity index (χ1) is 15.9. The molecule has 0 saturated heterocycles. The summed E-state index contributed by atoms with van der Waals surface area (Å²) in [6.07, 6.45) is 15.0. The van der Waals surface area contributed by atoms with Gasteiger partial charge in [0.25, 0.3) is 0 Å². The molecule has 0 bridgehead atoms. The summed E-state index contributed by atoms with van der Waals surface area (Å²) in [7, 11) is 0. The van der Waals surface area contributed by atoms with E-state index in [2.05, 4.69) is 29.1 Å². The molecule has 6 nitrogen and oxygen atoms in total. The van der Waals surface area contributed by atoms with Crippen molar-refractivity contribution >= 4 is 11.7 Å². The Morgan fingerprint density at radius 2 is 1.97 bits per heavy atom. The number of carbonyl (C=O) groups excluding carboxylic acids is 1. The molecule has 0 aromatic carbocycles. The van der Waals surface area contributed by atoms with Crippen LogP contribution in [0.4, 0.5) is 5.82 Å². The molecule has 0 unspecified atom stereocenters. The SMILES string of the molecule is CCC[C@@]1(O)CC[C@H]2[C@H](CC[C@@H]3[C@@H]2CC[C@]2(C)[C@@H](C(=O)Nc4cncc(C#N)n4)CC[C@@H]32)C1. The number of fused-ring (bicyclic) bond motifs is 5. The highest BCUT2D eigenvalue weighted by atomic mass is 16.3. The fourth-order valence-corrected chi connectivity index (χ4v) is 8.78. The number of nitriles is 1. The highest BCUT2D eigenvalue weighted by Crippen LogP contribution is 2.64. The first kappa shape index (κ1) is 22.8. The molecule has 4 aliphatic carbocycles. The third-order valence-electron chi connectivity index (χ3n) is 10.1. The van der Waals surface area contributed by atoms with E-state index < -0.39 is 5.60 Å². The summed E-state index contributed by atoms with van der Waals surface area (Å²) in [4.78, 5) is 21.5. The minimum absolute atomic E-state index is 0.00489. The molecule has 8 atom stereocenters. The fourth-order valence-electron chi connectivity index (χ4n) is 8.78. The normalized spacial score (nSPS) is 41.9. The van der Waals surface area contributed by atoms with E-state index in [0.29, 0.717) is 17.7 Å². The summed E-state index contributed by atoms with van der Waals surface area (Å²) < 4.78 is 0. The Hall–Kier alpha value is -2.00. The van der Waals surface area contributed by atoms with Crippen LogP contribution in [0.15, 0.2) is 12.4 Å². The first-order valence-electron chi connectivity index (χ1n) is 13.1. The lowest BCUT2D eigenvalue weighted by Crippen LogP contribution is -2.51. The standard InChI is InChI=1S/C27H38N4O2/c1-3-10-27(33)12-9-19-17(13-27)4-5-21-20(19)8-11-26(2)22(21)6-7-23(26)25(32)31-24-16-29-15-18(14-28)30-24/h15-17,19-23,33H,3-13H2,1-2H3,(H,30,31,32)/t17-,19+,20-,21-,22+,23-,26+,27-/m1/s1. The van der Waals surface area contributed by atoms with Crippen molar-refractivity contribution in [1.82, 2.24) is 9.97 Å². The van der Waals surface area contributed by atoms with Crippen molar-refractivity contribution in [3.05, 3.63) is 18.1 Å². The Balaban J connectivity index is 1.28. The molecule has 178 valence electrons. The number of nitrogens with zero attached hydrogens (tertiary/aromatic N) is 3. The molecule has 0 spiro atoms. The van der Waals surface area contributed by atoms with Crippen molar-refractivity contribution < 1.29 is 9.90 Å². The highest BCUT2D eigenvalue weighted by Gasteiger charge is 2.59. The van der Waals surface area contributed by atoms with E-state index >= 15 is 0 Å². The second kappa shape index (κ2) is 8.65. The number of nitrogens with one attached hydrogen (secondary N) is 1. The van der Waals surface area contributed by atoms with Gasteiger partial charge in [-0.1, -0.05) is 20.3 Å². The van der Waals surface area contributed by atoms with E-state index in [1.54, 1.807) is 0 Å². The molecule has 5 rings (SSSR count). The Morgan fingerprint density at radius 3 is 2.76 bits per heavy atom. The molecule has 4 fully saturated rings. The van der Waals surface area contributed by atoms with Gasteiger partial charge in [0, 0.05) is 5.92 Å². The second-order valence-corrected chi connectivity index (χ2v) is 11.7. The maximum Gasteiger partial charge on any atom is 0.229 e. The van der Waals surface area contributed by atoms with Crippen molar-refractivity contribution in [3.63, 3.8) is 0 Å². The van der Waals surface area contributed by atoms with Crippen LogP contribution in [0.25, 0.3) is 0 Å². The minimum atomic E-state index is -0.422. The van der Waals surface area contributed by atoms with E-state index in [4.69, 9.17) is 5.26 Å². The average Bonchev–Trinajstić information content (AvgIpc) is 3.16. The van der Waals surface area contributed by atoms with Crippen LogP contribution in [-0.4, -0.2) is 26.6 Å². The summed E-state index contributed by atoms with van der Waals surface area (Å²) in [5.41, 5.74) is -0.164. The Kier molecular flexibility index (Phi) is 5.97. The lowest BCUT2D eigenvalue weighted by atomic mass is 9.49. The van der Waals surface area contributed by atoms with Crippen molar-refractivity contribution in [2.45, 2.75) is 90.1 Å². The largest absolute Gasteiger partial charge is 0.390 e. The molecule has 6 heteroatoms. The molecule has 4 aliphatic rings. The lowest BCUT2D eigenvalue weighted by molar-refractivity contribution is -0.130. The first-order valence-corrected chi connectivity index (χ1v) is 13.1. The number of hydrogen-bond donors (Lipinski definition) is 2. The summed E-state index contributed by atoms with van der Waals surface area (Å²) in [6.45, 7) is 4.54. The molecule has 1 amide bonds. The quantitative estimate of drug-likeness (QED) is 0.666. The molecule has 0 radical (unpaired) electrons. The van der Waals surface area contributed by atoms with Crippen LogP contribution < -0.4 is 5.32 Å². The van der Waals surface area contributed by atoms with Crippen LogP contribution in [0, 0.1) is 52.3 Å². The number of carbonyl (C=O) groups is 1. The molecule has 1 aromatic rings. The zero-order valence-corrected chi connectivity index (χ0v) is 20.1. The predicted molar refractivity (Wildman–Crippen MR) is 126 cm³/mol. The maximum absolute atomic E-state index is 13.3. The van der Waals surface area contributed by atoms with Gasteiger partial charge in [-0.05, 0) is 99.2 Å². The van der Waals surface area contributed by atoms with Crippen LogP contribution in [-0.2, 0) is 4.79 Å². The summed E-state index contributed by atoms with van der Waals surface area (Å²) in [6, 6.07) is 1.99. The van der Waals surface area contributed by atoms with Crippen LogP contribution in [0.2, 0.25) is 0 Å². The van der Waals surface area contributed by atoms with Crippen molar-refractivity contribution in [2.24, 2.45) is 40.9 Å². The van der Waals surface area contributed by atoms with Gasteiger partial charge in [0.1, 0.15) is 6.07 Å². The third kappa shape index (κ3) is 3.97. The van der Waals surface area contributed by atoms with Gasteiger partial charge < -0.3 is 10.4 Å². The van der Waals surface area contributed by atoms with E-state index in [1.165, 1.54) is 38.1 Å². The van der Waals surface area contributed by atoms with Gasteiger partial charge >= 0.3 is 0 Å². The van der Waals surface area contributed by atoms with Gasteiger partial charge in [0.2, 0.25) is 5.91 Å². The third-order valence-corrected chi connectivity index (χ3v) is 10.1. The van der Waals surface area contributed by atoms with Crippen molar-refractivity contribution in [2.75, 3.05) is 5.32 Å². The number of aliphatic hydroxyl groups is 1. The van der Waals surface area contributed by atoms with Gasteiger partial charge in [-0.15, -0.1) is 0 Å². The average molecular weight is 451 g/mol. The maximum atomic E-state index is 13.3. The van der Waals surface area contributed by atoms with E-state index in [-0.39, 0.29) is 22.9 Å². The molecule has 1 aromatic heterocycles. The van der Waals surface area contributed by atoms with E-state index in [0.717, 1.165) is 62.7 Å². The molecule has 33 heavy (non-hydrogen) atoms. The monoisotopic (exact) mass is 450 g/mol. The fraction of sp³-hybridized carbons (Fsp3) is 0.778. The van der Waals surface area contributed by atoms with Crippen molar-refractivity contribution in [1.29, 1.82) is 5.26 Å². The Morgan fingerprint density at radius 1 is 1.15 bits per heavy atom. The zero-order valence-electron chi connectivity index (χ0n) is 20.1. The molecule has 0 aliphatic heterocycles. The molecule has 1 heterocycles. The zero-order chi connectivity index (χ0) is 23.2. The lowest BCUT2D eigenvalue weighted by Gasteiger charge is -2.57. The summed E-state index contributed by atoms with van der Waals surface area (Å²) in [5, 5.41) is 23.1. The predicted octanol–water partition coefficient (Wildman–Crippen LogP) is 5.09.